The van der Waals surface area contributed by atoms with Crippen molar-refractivity contribution in [2.24, 2.45) is 5.92 Å². The van der Waals surface area contributed by atoms with Gasteiger partial charge in [0, 0.05) is 44.3 Å². The van der Waals surface area contributed by atoms with E-state index in [1.807, 2.05) is 88.9 Å². The molecule has 0 spiro atoms. The van der Waals surface area contributed by atoms with Gasteiger partial charge in [0.2, 0.25) is 0 Å². The van der Waals surface area contributed by atoms with E-state index < -0.39 is 0 Å². The molecular formula is C53H40N4OPt-2. The van der Waals surface area contributed by atoms with E-state index >= 15 is 0 Å². The maximum Gasteiger partial charge on any atom is 0.268 e. The first kappa shape index (κ1) is 34.5. The van der Waals surface area contributed by atoms with E-state index in [1.165, 1.54) is 0 Å². The van der Waals surface area contributed by atoms with Gasteiger partial charge in [0.05, 0.1) is 20.8 Å². The molecule has 0 aliphatic heterocycles. The van der Waals surface area contributed by atoms with Crippen LogP contribution in [0.4, 0.5) is 0 Å². The van der Waals surface area contributed by atoms with Gasteiger partial charge in [0.1, 0.15) is 5.82 Å². The van der Waals surface area contributed by atoms with Crippen molar-refractivity contribution < 1.29 is 34.5 Å². The van der Waals surface area contributed by atoms with Gasteiger partial charge in [-0.15, -0.1) is 29.7 Å². The summed E-state index contributed by atoms with van der Waals surface area (Å²) in [6, 6.07) is 60.4. The largest absolute Gasteiger partial charge is 0.510 e. The minimum absolute atomic E-state index is 0. The first-order chi connectivity index (χ1) is 29.8. The predicted octanol–water partition coefficient (Wildman–Crippen LogP) is 12.7. The van der Waals surface area contributed by atoms with Crippen molar-refractivity contribution in [3.63, 3.8) is 0 Å². The number of ether oxygens (including phenoxy) is 1. The van der Waals surface area contributed by atoms with Crippen molar-refractivity contribution in [1.82, 2.24) is 14.1 Å². The second-order valence-corrected chi connectivity index (χ2v) is 14.9. The number of hydrogen-bond donors (Lipinski definition) is 0. The molecular weight excluding hydrogens is 904 g/mol. The summed E-state index contributed by atoms with van der Waals surface area (Å²) in [6.07, 6.45) is 3.55. The molecule has 0 bridgehead atoms. The number of imidazole rings is 1. The minimum atomic E-state index is -0.159. The van der Waals surface area contributed by atoms with Gasteiger partial charge in [-0.1, -0.05) is 148 Å². The van der Waals surface area contributed by atoms with Gasteiger partial charge in [-0.3, -0.25) is 4.57 Å². The molecule has 0 saturated carbocycles. The molecule has 3 heterocycles. The maximum absolute atomic E-state index is 9.35. The smallest absolute Gasteiger partial charge is 0.268 e. The van der Waals surface area contributed by atoms with Crippen molar-refractivity contribution in [3.8, 4) is 50.9 Å². The number of rotatable bonds is 9. The number of nitrogens with zero attached hydrogens (tertiary/aromatic N) is 4. The van der Waals surface area contributed by atoms with E-state index in [2.05, 4.69) is 127 Å². The van der Waals surface area contributed by atoms with Crippen molar-refractivity contribution in [2.75, 3.05) is 0 Å². The van der Waals surface area contributed by atoms with Crippen LogP contribution in [0.15, 0.2) is 176 Å². The number of fused-ring (bicyclic) bond motifs is 4. The molecule has 0 aliphatic carbocycles. The zero-order chi connectivity index (χ0) is 41.8. The van der Waals surface area contributed by atoms with Gasteiger partial charge < -0.3 is 13.9 Å². The van der Waals surface area contributed by atoms with Crippen LogP contribution in [0.1, 0.15) is 36.4 Å². The Labute approximate surface area is 363 Å². The SMILES string of the molecule is [2H]c1nc(-n2c3[c-]c(Oc4[c-]c(-n5[c-][n+](-c6c(-c7ccccc7)cccc6-c6ccccc6)c6ccccc65)ccc4)ccc3c3ccccc32)c([2H])c(C(C)C(C)C)c1[2H].[Pt]. The molecule has 0 aliphatic rings. The van der Waals surface area contributed by atoms with E-state index in [4.69, 9.17) is 7.48 Å². The van der Waals surface area contributed by atoms with E-state index in [-0.39, 0.29) is 51.2 Å². The Morgan fingerprint density at radius 3 is 2.02 bits per heavy atom. The standard InChI is InChI=1S/C53H40N4O.Pt/c1-36(2)37(3)40-30-31-54-52(32-40)57-48-25-11-10-22-46(48)47-29-28-43(34-51(47)57)58-42-21-14-20-41(33-42)55-35-56(50-27-13-12-26-49(50)55)53-44(38-16-6-4-7-17-38)23-15-24-45(53)39-18-8-5-9-19-39;/h4-32,36-37H,1-3H3;/q-2;/i30D,31D,32D;. The van der Waals surface area contributed by atoms with Gasteiger partial charge >= 0.3 is 0 Å². The maximum atomic E-state index is 9.35. The number of hydrogen-bond acceptors (Lipinski definition) is 2. The fraction of sp³-hybridized carbons (Fsp3) is 0.0943. The van der Waals surface area contributed by atoms with Gasteiger partial charge in [-0.2, -0.15) is 18.2 Å². The monoisotopic (exact) mass is 946 g/mol. The van der Waals surface area contributed by atoms with Crippen LogP contribution in [0.3, 0.4) is 0 Å². The van der Waals surface area contributed by atoms with E-state index in [0.717, 1.165) is 61.0 Å². The molecule has 290 valence electrons. The third-order valence-electron chi connectivity index (χ3n) is 11.0. The Morgan fingerprint density at radius 2 is 1.29 bits per heavy atom. The van der Waals surface area contributed by atoms with Crippen molar-refractivity contribution >= 4 is 32.8 Å². The molecule has 7 aromatic carbocycles. The van der Waals surface area contributed by atoms with E-state index in [9.17, 15) is 1.37 Å². The van der Waals surface area contributed by atoms with Gasteiger partial charge in [-0.25, -0.2) is 4.98 Å². The van der Waals surface area contributed by atoms with E-state index in [1.54, 1.807) is 0 Å². The molecule has 0 fully saturated rings. The van der Waals surface area contributed by atoms with Crippen LogP contribution in [0.2, 0.25) is 0 Å². The van der Waals surface area contributed by atoms with Crippen LogP contribution >= 0.6 is 0 Å². The molecule has 5 nitrogen and oxygen atoms in total. The van der Waals surface area contributed by atoms with Crippen LogP contribution in [0.5, 0.6) is 11.5 Å². The number of benzene rings is 7. The summed E-state index contributed by atoms with van der Waals surface area (Å²) >= 11 is 0. The number of para-hydroxylation sites is 4. The second kappa shape index (κ2) is 16.0. The fourth-order valence-electron chi connectivity index (χ4n) is 7.78. The van der Waals surface area contributed by atoms with Crippen LogP contribution < -0.4 is 9.30 Å². The zero-order valence-corrected chi connectivity index (χ0v) is 35.0. The molecule has 6 heteroatoms. The Morgan fingerprint density at radius 1 is 0.644 bits per heavy atom. The Bertz CT molecular complexity index is 3210. The molecule has 0 N–H and O–H groups in total. The first-order valence-corrected chi connectivity index (χ1v) is 19.6. The second-order valence-electron chi connectivity index (χ2n) is 14.9. The third-order valence-corrected chi connectivity index (χ3v) is 11.0. The predicted molar refractivity (Wildman–Crippen MR) is 234 cm³/mol. The number of aromatic nitrogens is 4. The van der Waals surface area contributed by atoms with Gasteiger partial charge in [0.25, 0.3) is 6.33 Å². The Hall–Kier alpha value is -6.55. The summed E-state index contributed by atoms with van der Waals surface area (Å²) in [4.78, 5) is 4.55. The zero-order valence-electron chi connectivity index (χ0n) is 35.7. The molecule has 1 atom stereocenters. The Balaban J connectivity index is 0.00000490. The fourth-order valence-corrected chi connectivity index (χ4v) is 7.78. The van der Waals surface area contributed by atoms with Crippen LogP contribution in [0, 0.1) is 24.4 Å². The number of pyridine rings is 1. The summed E-state index contributed by atoms with van der Waals surface area (Å²) < 4.78 is 39.4. The Kier molecular flexibility index (Phi) is 9.36. The van der Waals surface area contributed by atoms with Crippen molar-refractivity contribution in [2.45, 2.75) is 26.7 Å². The summed E-state index contributed by atoms with van der Waals surface area (Å²) in [7, 11) is 0. The van der Waals surface area contributed by atoms with Gasteiger partial charge in [0.15, 0.2) is 0 Å². The van der Waals surface area contributed by atoms with Gasteiger partial charge in [-0.05, 0) is 68.9 Å². The molecule has 1 unspecified atom stereocenters. The minimum Gasteiger partial charge on any atom is -0.510 e. The molecule has 0 saturated heterocycles. The molecule has 10 aromatic rings. The van der Waals surface area contributed by atoms with Crippen LogP contribution in [-0.2, 0) is 21.1 Å². The average molecular weight is 947 g/mol. The molecule has 3 aromatic heterocycles. The normalized spacial score (nSPS) is 12.6. The quantitative estimate of drug-likeness (QED) is 0.107. The molecule has 0 amide bonds. The molecule has 0 radical (unpaired) electrons. The third kappa shape index (κ3) is 6.96. The molecule has 10 rings (SSSR count). The summed E-state index contributed by atoms with van der Waals surface area (Å²) in [6.45, 7) is 6.14. The summed E-state index contributed by atoms with van der Waals surface area (Å²) in [5.41, 5.74) is 10.1. The molecule has 59 heavy (non-hydrogen) atoms. The topological polar surface area (TPSA) is 35.9 Å². The van der Waals surface area contributed by atoms with Crippen LogP contribution in [0.25, 0.3) is 72.3 Å². The van der Waals surface area contributed by atoms with Crippen molar-refractivity contribution in [3.05, 3.63) is 200 Å². The average Bonchev–Trinajstić information content (AvgIpc) is 3.84. The van der Waals surface area contributed by atoms with Crippen molar-refractivity contribution in [1.29, 1.82) is 0 Å². The van der Waals surface area contributed by atoms with E-state index in [0.29, 0.717) is 28.4 Å². The summed E-state index contributed by atoms with van der Waals surface area (Å²) in [5, 5.41) is 1.87. The first-order valence-electron chi connectivity index (χ1n) is 21.1. The summed E-state index contributed by atoms with van der Waals surface area (Å²) in [5.74, 6) is 1.30. The van der Waals surface area contributed by atoms with Crippen LogP contribution in [-0.4, -0.2) is 14.1 Å².